The van der Waals surface area contributed by atoms with Gasteiger partial charge in [-0.2, -0.15) is 0 Å². The zero-order chi connectivity index (χ0) is 11.4. The summed E-state index contributed by atoms with van der Waals surface area (Å²) in [7, 11) is 0. The Hall–Kier alpha value is -1.52. The maximum atomic E-state index is 11.4. The summed E-state index contributed by atoms with van der Waals surface area (Å²) >= 11 is 0. The van der Waals surface area contributed by atoms with Crippen LogP contribution in [0.2, 0.25) is 0 Å². The lowest BCUT2D eigenvalue weighted by Crippen LogP contribution is -2.25. The summed E-state index contributed by atoms with van der Waals surface area (Å²) in [6.45, 7) is 5.62. The molecule has 0 fully saturated rings. The third-order valence-corrected chi connectivity index (χ3v) is 1.75. The molecular weight excluding hydrogens is 198 g/mol. The van der Waals surface area contributed by atoms with Crippen LogP contribution in [0.1, 0.15) is 20.8 Å². The molecular formula is C10H15NO4. The highest BCUT2D eigenvalue weighted by Gasteiger charge is 2.32. The molecule has 0 unspecified atom stereocenters. The van der Waals surface area contributed by atoms with Gasteiger partial charge in [0.05, 0.1) is 6.61 Å². The average Bonchev–Trinajstić information content (AvgIpc) is 2.46. The average molecular weight is 213 g/mol. The molecule has 0 saturated carbocycles. The Labute approximate surface area is 88.4 Å². The normalized spacial score (nSPS) is 15.6. The standard InChI is InChI=1S/C10H15NO4/c1-4-14-10(13)8-7(12)5-15-9(8)11-6(2)3/h6,11H,4-5H2,1-3H3. The Kier molecular flexibility index (Phi) is 3.71. The van der Waals surface area contributed by atoms with Gasteiger partial charge < -0.3 is 14.8 Å². The molecule has 1 aliphatic rings. The number of ether oxygens (including phenoxy) is 2. The number of ketones is 1. The lowest BCUT2D eigenvalue weighted by Gasteiger charge is -2.11. The number of nitrogens with one attached hydrogen (secondary N) is 1. The summed E-state index contributed by atoms with van der Waals surface area (Å²) in [5.41, 5.74) is -0.00875. The van der Waals surface area contributed by atoms with Crippen molar-refractivity contribution in [2.24, 2.45) is 0 Å². The Morgan fingerprint density at radius 3 is 2.80 bits per heavy atom. The second kappa shape index (κ2) is 4.82. The van der Waals surface area contributed by atoms with Crippen molar-refractivity contribution in [2.75, 3.05) is 13.2 Å². The van der Waals surface area contributed by atoms with E-state index in [4.69, 9.17) is 9.47 Å². The molecule has 0 saturated heterocycles. The van der Waals surface area contributed by atoms with Crippen molar-refractivity contribution in [3.63, 3.8) is 0 Å². The number of carbonyl (C=O) groups excluding carboxylic acids is 2. The predicted molar refractivity (Wildman–Crippen MR) is 52.9 cm³/mol. The van der Waals surface area contributed by atoms with Gasteiger partial charge in [-0.05, 0) is 20.8 Å². The Balaban J connectivity index is 2.85. The maximum absolute atomic E-state index is 11.4. The lowest BCUT2D eigenvalue weighted by atomic mass is 10.2. The minimum atomic E-state index is -0.622. The van der Waals surface area contributed by atoms with Gasteiger partial charge in [-0.3, -0.25) is 4.79 Å². The van der Waals surface area contributed by atoms with E-state index in [1.807, 2.05) is 13.8 Å². The quantitative estimate of drug-likeness (QED) is 0.539. The number of carbonyl (C=O) groups is 2. The smallest absolute Gasteiger partial charge is 0.347 e. The third-order valence-electron chi connectivity index (χ3n) is 1.75. The largest absolute Gasteiger partial charge is 0.470 e. The second-order valence-corrected chi connectivity index (χ2v) is 3.44. The van der Waals surface area contributed by atoms with Crippen molar-refractivity contribution in [3.8, 4) is 0 Å². The number of esters is 1. The molecule has 0 aromatic heterocycles. The van der Waals surface area contributed by atoms with Crippen molar-refractivity contribution >= 4 is 11.8 Å². The van der Waals surface area contributed by atoms with Crippen LogP contribution in [0, 0.1) is 0 Å². The highest BCUT2D eigenvalue weighted by molar-refractivity contribution is 6.19. The Morgan fingerprint density at radius 2 is 2.27 bits per heavy atom. The van der Waals surface area contributed by atoms with Gasteiger partial charge in [-0.15, -0.1) is 0 Å². The number of hydrogen-bond acceptors (Lipinski definition) is 5. The molecule has 5 heteroatoms. The van der Waals surface area contributed by atoms with E-state index in [-0.39, 0.29) is 36.5 Å². The second-order valence-electron chi connectivity index (χ2n) is 3.44. The van der Waals surface area contributed by atoms with Crippen LogP contribution in [0.5, 0.6) is 0 Å². The molecule has 1 N–H and O–H groups in total. The van der Waals surface area contributed by atoms with Gasteiger partial charge in [0.15, 0.2) is 12.2 Å². The first-order valence-electron chi connectivity index (χ1n) is 4.90. The minimum Gasteiger partial charge on any atom is -0.470 e. The van der Waals surface area contributed by atoms with Gasteiger partial charge in [0.25, 0.3) is 0 Å². The van der Waals surface area contributed by atoms with Crippen LogP contribution < -0.4 is 5.32 Å². The zero-order valence-electron chi connectivity index (χ0n) is 9.12. The van der Waals surface area contributed by atoms with Crippen LogP contribution in [0.15, 0.2) is 11.5 Å². The molecule has 0 amide bonds. The summed E-state index contributed by atoms with van der Waals surface area (Å²) in [4.78, 5) is 22.8. The highest BCUT2D eigenvalue weighted by atomic mass is 16.5. The molecule has 0 aromatic carbocycles. The van der Waals surface area contributed by atoms with E-state index in [2.05, 4.69) is 5.32 Å². The molecule has 1 rings (SSSR count). The molecule has 5 nitrogen and oxygen atoms in total. The summed E-state index contributed by atoms with van der Waals surface area (Å²) < 4.78 is 9.84. The summed E-state index contributed by atoms with van der Waals surface area (Å²) in [6, 6.07) is 0.0929. The molecule has 0 radical (unpaired) electrons. The third kappa shape index (κ3) is 2.71. The molecule has 1 aliphatic heterocycles. The van der Waals surface area contributed by atoms with Crippen LogP contribution in [0.25, 0.3) is 0 Å². The fourth-order valence-electron chi connectivity index (χ4n) is 1.19. The molecule has 1 heterocycles. The van der Waals surface area contributed by atoms with Crippen LogP contribution in [0.3, 0.4) is 0 Å². The first kappa shape index (κ1) is 11.6. The first-order chi connectivity index (χ1) is 7.06. The van der Waals surface area contributed by atoms with Crippen molar-refractivity contribution in [1.29, 1.82) is 0 Å². The fraction of sp³-hybridized carbons (Fsp3) is 0.600. The Morgan fingerprint density at radius 1 is 1.60 bits per heavy atom. The fourth-order valence-corrected chi connectivity index (χ4v) is 1.19. The van der Waals surface area contributed by atoms with Gasteiger partial charge in [0, 0.05) is 6.04 Å². The van der Waals surface area contributed by atoms with E-state index in [1.165, 1.54) is 0 Å². The highest BCUT2D eigenvalue weighted by Crippen LogP contribution is 2.15. The molecule has 0 atom stereocenters. The molecule has 15 heavy (non-hydrogen) atoms. The van der Waals surface area contributed by atoms with Crippen molar-refractivity contribution < 1.29 is 19.1 Å². The van der Waals surface area contributed by atoms with Crippen LogP contribution in [-0.4, -0.2) is 31.0 Å². The van der Waals surface area contributed by atoms with E-state index in [0.29, 0.717) is 0 Å². The molecule has 0 aliphatic carbocycles. The topological polar surface area (TPSA) is 64.6 Å². The van der Waals surface area contributed by atoms with Crippen molar-refractivity contribution in [3.05, 3.63) is 11.5 Å². The number of Topliss-reactive ketones (excluding diaryl/α,β-unsaturated/α-hetero) is 1. The monoisotopic (exact) mass is 213 g/mol. The van der Waals surface area contributed by atoms with Crippen molar-refractivity contribution in [2.45, 2.75) is 26.8 Å². The number of rotatable bonds is 4. The summed E-state index contributed by atoms with van der Waals surface area (Å²) in [6.07, 6.45) is 0. The van der Waals surface area contributed by atoms with Gasteiger partial charge in [-0.25, -0.2) is 4.79 Å². The number of hydrogen-bond donors (Lipinski definition) is 1. The molecule has 84 valence electrons. The van der Waals surface area contributed by atoms with Crippen LogP contribution in [0.4, 0.5) is 0 Å². The maximum Gasteiger partial charge on any atom is 0.347 e. The first-order valence-corrected chi connectivity index (χ1v) is 4.90. The molecule has 0 bridgehead atoms. The predicted octanol–water partition coefficient (Wildman–Crippen LogP) is 0.358. The Bertz CT molecular complexity index is 307. The summed E-state index contributed by atoms with van der Waals surface area (Å²) in [5, 5.41) is 2.90. The van der Waals surface area contributed by atoms with Crippen LogP contribution in [-0.2, 0) is 19.1 Å². The van der Waals surface area contributed by atoms with Gasteiger partial charge in [0.1, 0.15) is 0 Å². The molecule has 0 spiro atoms. The lowest BCUT2D eigenvalue weighted by molar-refractivity contribution is -0.139. The van der Waals surface area contributed by atoms with Crippen molar-refractivity contribution in [1.82, 2.24) is 5.32 Å². The van der Waals surface area contributed by atoms with E-state index in [0.717, 1.165) is 0 Å². The SMILES string of the molecule is CCOC(=O)C1=C(NC(C)C)OCC1=O. The molecule has 0 aromatic rings. The zero-order valence-corrected chi connectivity index (χ0v) is 9.12. The van der Waals surface area contributed by atoms with Gasteiger partial charge in [-0.1, -0.05) is 0 Å². The summed E-state index contributed by atoms with van der Waals surface area (Å²) in [5.74, 6) is -0.729. The van der Waals surface area contributed by atoms with E-state index in [1.54, 1.807) is 6.92 Å². The van der Waals surface area contributed by atoms with Crippen LogP contribution >= 0.6 is 0 Å². The van der Waals surface area contributed by atoms with Gasteiger partial charge in [0.2, 0.25) is 11.7 Å². The van der Waals surface area contributed by atoms with E-state index < -0.39 is 5.97 Å². The minimum absolute atomic E-state index is 0.00875. The van der Waals surface area contributed by atoms with Gasteiger partial charge >= 0.3 is 5.97 Å². The van der Waals surface area contributed by atoms with E-state index in [9.17, 15) is 9.59 Å². The van der Waals surface area contributed by atoms with E-state index >= 15 is 0 Å².